The Morgan fingerprint density at radius 3 is 2.61 bits per heavy atom. The van der Waals surface area contributed by atoms with Gasteiger partial charge in [0, 0.05) is 30.5 Å². The number of nitrogens with zero attached hydrogens (tertiary/aromatic N) is 6. The molecule has 36 heavy (non-hydrogen) atoms. The Labute approximate surface area is 209 Å². The van der Waals surface area contributed by atoms with Crippen molar-refractivity contribution in [3.8, 4) is 11.8 Å². The minimum absolute atomic E-state index is 0.134. The smallest absolute Gasteiger partial charge is 0.320 e. The summed E-state index contributed by atoms with van der Waals surface area (Å²) in [6, 6.07) is 7.18. The Bertz CT molecular complexity index is 1300. The van der Waals surface area contributed by atoms with Crippen LogP contribution < -0.4 is 9.64 Å². The molecular weight excluding hydrogens is 463 g/mol. The Balaban J connectivity index is 1.24. The van der Waals surface area contributed by atoms with E-state index in [9.17, 15) is 0 Å². The van der Waals surface area contributed by atoms with E-state index in [1.165, 1.54) is 0 Å². The van der Waals surface area contributed by atoms with Gasteiger partial charge < -0.3 is 19.1 Å². The molecule has 2 bridgehead atoms. The molecule has 1 aromatic carbocycles. The van der Waals surface area contributed by atoms with Crippen LogP contribution in [0.3, 0.4) is 0 Å². The second-order valence-electron chi connectivity index (χ2n) is 10.5. The molecule has 0 saturated carbocycles. The van der Waals surface area contributed by atoms with Crippen LogP contribution in [0.5, 0.6) is 6.01 Å². The highest BCUT2D eigenvalue weighted by Gasteiger charge is 2.40. The lowest BCUT2D eigenvalue weighted by Crippen LogP contribution is -2.54. The van der Waals surface area contributed by atoms with Crippen molar-refractivity contribution in [1.29, 1.82) is 0 Å². The van der Waals surface area contributed by atoms with Crippen molar-refractivity contribution in [2.24, 2.45) is 0 Å². The fourth-order valence-electron chi connectivity index (χ4n) is 6.26. The Kier molecular flexibility index (Phi) is 5.37. The van der Waals surface area contributed by atoms with E-state index in [0.29, 0.717) is 30.5 Å². The van der Waals surface area contributed by atoms with Crippen LogP contribution in [-0.2, 0) is 9.47 Å². The molecule has 2 aromatic heterocycles. The SMILES string of the molecule is COc1nc(N2C[C@@H]3C[C@H]2CO3)cc(-n2ncc3cc(C)c([C@H]4CCN(C5COC5)C[C@H]4F)cc32)n1. The summed E-state index contributed by atoms with van der Waals surface area (Å²) in [6.07, 6.45) is 3.01. The number of likely N-dealkylation sites (tertiary alicyclic amines) is 1. The average Bonchev–Trinajstić information content (AvgIpc) is 3.58. The summed E-state index contributed by atoms with van der Waals surface area (Å²) in [5, 5.41) is 5.67. The zero-order chi connectivity index (χ0) is 24.4. The molecule has 4 saturated heterocycles. The molecule has 4 atom stereocenters. The van der Waals surface area contributed by atoms with Gasteiger partial charge in [-0.2, -0.15) is 15.1 Å². The minimum Gasteiger partial charge on any atom is -0.467 e. The molecule has 9 nitrogen and oxygen atoms in total. The van der Waals surface area contributed by atoms with E-state index < -0.39 is 6.17 Å². The van der Waals surface area contributed by atoms with Gasteiger partial charge in [0.05, 0.1) is 56.8 Å². The highest BCUT2D eigenvalue weighted by molar-refractivity contribution is 5.82. The van der Waals surface area contributed by atoms with Gasteiger partial charge in [-0.1, -0.05) is 0 Å². The number of fused-ring (bicyclic) bond motifs is 3. The predicted octanol–water partition coefficient (Wildman–Crippen LogP) is 2.64. The predicted molar refractivity (Wildman–Crippen MR) is 132 cm³/mol. The molecule has 6 heterocycles. The molecule has 190 valence electrons. The number of alkyl halides is 1. The molecule has 10 heteroatoms. The Hall–Kier alpha value is -2.82. The van der Waals surface area contributed by atoms with Gasteiger partial charge in [-0.3, -0.25) is 4.90 Å². The third-order valence-corrected chi connectivity index (χ3v) is 8.34. The van der Waals surface area contributed by atoms with Crippen LogP contribution in [0.25, 0.3) is 16.7 Å². The number of halogens is 1. The van der Waals surface area contributed by atoms with Crippen molar-refractivity contribution < 1.29 is 18.6 Å². The van der Waals surface area contributed by atoms with Gasteiger partial charge in [0.2, 0.25) is 0 Å². The number of rotatable bonds is 5. The number of aryl methyl sites for hydroxylation is 1. The first-order chi connectivity index (χ1) is 17.6. The first-order valence-electron chi connectivity index (χ1n) is 12.8. The maximum absolute atomic E-state index is 15.5. The van der Waals surface area contributed by atoms with Crippen LogP contribution in [0.4, 0.5) is 10.2 Å². The second-order valence-corrected chi connectivity index (χ2v) is 10.5. The van der Waals surface area contributed by atoms with Crippen molar-refractivity contribution in [2.45, 2.75) is 50.0 Å². The lowest BCUT2D eigenvalue weighted by atomic mass is 9.84. The number of methoxy groups -OCH3 is 1. The number of hydrogen-bond acceptors (Lipinski definition) is 8. The maximum Gasteiger partial charge on any atom is 0.320 e. The third-order valence-electron chi connectivity index (χ3n) is 8.34. The van der Waals surface area contributed by atoms with E-state index in [-0.39, 0.29) is 12.0 Å². The average molecular weight is 495 g/mol. The quantitative estimate of drug-likeness (QED) is 0.536. The summed E-state index contributed by atoms with van der Waals surface area (Å²) in [5.41, 5.74) is 3.07. The summed E-state index contributed by atoms with van der Waals surface area (Å²) in [4.78, 5) is 13.8. The van der Waals surface area contributed by atoms with Gasteiger partial charge in [0.15, 0.2) is 5.82 Å². The van der Waals surface area contributed by atoms with Crippen molar-refractivity contribution in [2.75, 3.05) is 51.5 Å². The standard InChI is InChI=1S/C26H31FN6O3/c1-15-5-16-9-28-33(23(16)7-21(15)20-3-4-31(11-22(20)27)18-12-35-13-18)25-8-24(29-26(30-25)34-2)32-10-19-6-17(32)14-36-19/h5,7-9,17-20,22H,3-4,6,10-14H2,1-2H3/t17-,19-,20+,22+/m0/s1. The van der Waals surface area contributed by atoms with Gasteiger partial charge >= 0.3 is 6.01 Å². The van der Waals surface area contributed by atoms with Crippen LogP contribution in [0, 0.1) is 6.92 Å². The minimum atomic E-state index is -0.912. The van der Waals surface area contributed by atoms with E-state index in [1.807, 2.05) is 16.9 Å². The molecule has 0 spiro atoms. The van der Waals surface area contributed by atoms with Crippen LogP contribution in [0.15, 0.2) is 24.4 Å². The zero-order valence-corrected chi connectivity index (χ0v) is 20.6. The van der Waals surface area contributed by atoms with E-state index in [0.717, 1.165) is 73.6 Å². The fourth-order valence-corrected chi connectivity index (χ4v) is 6.26. The van der Waals surface area contributed by atoms with Crippen molar-refractivity contribution in [3.05, 3.63) is 35.5 Å². The maximum atomic E-state index is 15.5. The lowest BCUT2D eigenvalue weighted by Gasteiger charge is -2.43. The number of ether oxygens (including phenoxy) is 3. The number of benzene rings is 1. The van der Waals surface area contributed by atoms with E-state index in [4.69, 9.17) is 14.2 Å². The lowest BCUT2D eigenvalue weighted by molar-refractivity contribution is -0.0807. The highest BCUT2D eigenvalue weighted by atomic mass is 19.1. The molecule has 7 rings (SSSR count). The first kappa shape index (κ1) is 22.4. The van der Waals surface area contributed by atoms with Gasteiger partial charge in [-0.25, -0.2) is 9.07 Å². The molecular formula is C26H31FN6O3. The summed E-state index contributed by atoms with van der Waals surface area (Å²) in [5.74, 6) is 1.33. The van der Waals surface area contributed by atoms with Gasteiger partial charge in [-0.05, 0) is 49.6 Å². The molecule has 0 N–H and O–H groups in total. The molecule has 0 unspecified atom stereocenters. The van der Waals surface area contributed by atoms with Gasteiger partial charge in [-0.15, -0.1) is 0 Å². The zero-order valence-electron chi connectivity index (χ0n) is 20.6. The van der Waals surface area contributed by atoms with E-state index in [2.05, 4.69) is 43.9 Å². The first-order valence-corrected chi connectivity index (χ1v) is 12.8. The molecule has 0 aliphatic carbocycles. The third kappa shape index (κ3) is 3.65. The van der Waals surface area contributed by atoms with Gasteiger partial charge in [0.25, 0.3) is 0 Å². The van der Waals surface area contributed by atoms with Crippen molar-refractivity contribution in [1.82, 2.24) is 24.6 Å². The monoisotopic (exact) mass is 494 g/mol. The summed E-state index contributed by atoms with van der Waals surface area (Å²) in [7, 11) is 1.58. The largest absolute Gasteiger partial charge is 0.467 e. The Morgan fingerprint density at radius 1 is 1.06 bits per heavy atom. The van der Waals surface area contributed by atoms with Crippen LogP contribution in [0.2, 0.25) is 0 Å². The number of morpholine rings is 1. The number of hydrogen-bond donors (Lipinski definition) is 0. The van der Waals surface area contributed by atoms with Crippen LogP contribution in [-0.4, -0.2) is 95.6 Å². The van der Waals surface area contributed by atoms with Crippen molar-refractivity contribution >= 4 is 16.7 Å². The topological polar surface area (TPSA) is 77.8 Å². The Morgan fingerprint density at radius 2 is 1.92 bits per heavy atom. The van der Waals surface area contributed by atoms with Crippen LogP contribution >= 0.6 is 0 Å². The molecule has 4 aliphatic rings. The summed E-state index contributed by atoms with van der Waals surface area (Å²) in [6.45, 7) is 6.40. The van der Waals surface area contributed by atoms with E-state index >= 15 is 4.39 Å². The van der Waals surface area contributed by atoms with Crippen LogP contribution in [0.1, 0.15) is 29.9 Å². The summed E-state index contributed by atoms with van der Waals surface area (Å²) >= 11 is 0. The number of piperidine rings is 1. The number of aromatic nitrogens is 4. The van der Waals surface area contributed by atoms with Crippen molar-refractivity contribution in [3.63, 3.8) is 0 Å². The molecule has 4 fully saturated rings. The summed E-state index contributed by atoms with van der Waals surface area (Å²) < 4.78 is 33.8. The molecule has 4 aliphatic heterocycles. The molecule has 0 amide bonds. The normalized spacial score (nSPS) is 28.7. The molecule has 3 aromatic rings. The fraction of sp³-hybridized carbons (Fsp3) is 0.577. The number of anilines is 1. The second kappa shape index (κ2) is 8.64. The highest BCUT2D eigenvalue weighted by Crippen LogP contribution is 2.37. The van der Waals surface area contributed by atoms with E-state index in [1.54, 1.807) is 7.11 Å². The van der Waals surface area contributed by atoms with Gasteiger partial charge in [0.1, 0.15) is 12.0 Å². The molecule has 0 radical (unpaired) electrons.